The van der Waals surface area contributed by atoms with Crippen LogP contribution in [0.15, 0.2) is 59.4 Å². The molecule has 0 saturated heterocycles. The summed E-state index contributed by atoms with van der Waals surface area (Å²) in [4.78, 5) is 147. The first-order chi connectivity index (χ1) is 37.4. The largest absolute Gasteiger partial charge is 0.458 e. The highest BCUT2D eigenvalue weighted by atomic mass is 19.1. The number of unbranched alkanes of at least 4 members (excludes halogenated alkanes) is 2. The molecule has 8 rings (SSSR count). The highest BCUT2D eigenvalue weighted by Crippen LogP contribution is 2.46. The molecule has 0 fully saturated rings. The van der Waals surface area contributed by atoms with Gasteiger partial charge in [0.1, 0.15) is 12.4 Å². The first-order valence-electron chi connectivity index (χ1n) is 26.4. The molecule has 4 aromatic rings. The number of Topliss-reactive ketones (excluding diaryl/α,β-unsaturated/α-hetero) is 3. The Bertz CT molecular complexity index is 3210. The summed E-state index contributed by atoms with van der Waals surface area (Å²) in [5, 5.41) is 22.9. The molecule has 0 unspecified atom stereocenters. The van der Waals surface area contributed by atoms with Gasteiger partial charge in [-0.1, -0.05) is 43.7 Å². The van der Waals surface area contributed by atoms with Crippen molar-refractivity contribution in [3.05, 3.63) is 110 Å². The normalized spacial score (nSPS) is 17.2. The van der Waals surface area contributed by atoms with Crippen molar-refractivity contribution in [2.75, 3.05) is 19.6 Å². The Morgan fingerprint density at radius 3 is 2.19 bits per heavy atom. The summed E-state index contributed by atoms with van der Waals surface area (Å²) in [6.07, 6.45) is 4.18. The summed E-state index contributed by atoms with van der Waals surface area (Å²) >= 11 is 0. The summed E-state index contributed by atoms with van der Waals surface area (Å²) in [6, 6.07) is 10.2. The minimum atomic E-state index is -2.04. The minimum absolute atomic E-state index is 0.0399. The molecule has 1 aliphatic carbocycles. The molecular formula is C57H62FN7O13. The zero-order valence-electron chi connectivity index (χ0n) is 43.6. The Balaban J connectivity index is 0.784. The molecule has 5 heterocycles. The van der Waals surface area contributed by atoms with Gasteiger partial charge in [0, 0.05) is 86.2 Å². The number of carbonyl (C=O) groups is 10. The van der Waals surface area contributed by atoms with E-state index in [1.165, 1.54) is 22.8 Å². The second-order valence-corrected chi connectivity index (χ2v) is 20.2. The number of ketones is 3. The monoisotopic (exact) mass is 1070 g/mol. The van der Waals surface area contributed by atoms with Crippen molar-refractivity contribution in [1.29, 1.82) is 0 Å². The lowest BCUT2D eigenvalue weighted by molar-refractivity contribution is -0.172. The number of rotatable bonds is 26. The average molecular weight is 1070 g/mol. The molecule has 3 aliphatic heterocycles. The van der Waals surface area contributed by atoms with Gasteiger partial charge in [-0.3, -0.25) is 52.8 Å². The minimum Gasteiger partial charge on any atom is -0.458 e. The van der Waals surface area contributed by atoms with Gasteiger partial charge in [0.25, 0.3) is 17.4 Å². The van der Waals surface area contributed by atoms with Crippen LogP contribution in [0.1, 0.15) is 135 Å². The van der Waals surface area contributed by atoms with Gasteiger partial charge in [-0.25, -0.2) is 14.2 Å². The van der Waals surface area contributed by atoms with Gasteiger partial charge < -0.3 is 35.7 Å². The maximum Gasteiger partial charge on any atom is 0.343 e. The van der Waals surface area contributed by atoms with E-state index in [2.05, 4.69) is 21.3 Å². The smallest absolute Gasteiger partial charge is 0.343 e. The lowest BCUT2D eigenvalue weighted by atomic mass is 9.81. The molecule has 21 heteroatoms. The van der Waals surface area contributed by atoms with Gasteiger partial charge >= 0.3 is 5.97 Å². The van der Waals surface area contributed by atoms with Crippen molar-refractivity contribution in [3.63, 3.8) is 0 Å². The number of carbonyl (C=O) groups excluding carboxylic acids is 10. The number of hydrogen-bond donors (Lipinski definition) is 5. The highest BCUT2D eigenvalue weighted by Gasteiger charge is 2.46. The number of aliphatic hydroxyl groups is 1. The fourth-order valence-corrected chi connectivity index (χ4v) is 10.6. The molecule has 20 nitrogen and oxygen atoms in total. The Labute approximate surface area is 447 Å². The van der Waals surface area contributed by atoms with E-state index in [4.69, 9.17) is 9.72 Å². The van der Waals surface area contributed by atoms with Crippen LogP contribution in [0.25, 0.3) is 22.3 Å². The number of fused-ring (bicyclic) bond motifs is 5. The lowest BCUT2D eigenvalue weighted by Gasteiger charge is -2.31. The van der Waals surface area contributed by atoms with Gasteiger partial charge in [0.15, 0.2) is 23.0 Å². The van der Waals surface area contributed by atoms with E-state index in [0.29, 0.717) is 71.1 Å². The Morgan fingerprint density at radius 2 is 1.47 bits per heavy atom. The van der Waals surface area contributed by atoms with E-state index in [1.807, 2.05) is 0 Å². The second kappa shape index (κ2) is 24.5. The summed E-state index contributed by atoms with van der Waals surface area (Å²) < 4.78 is 22.1. The van der Waals surface area contributed by atoms with Crippen molar-refractivity contribution in [2.45, 2.75) is 141 Å². The molecule has 0 radical (unpaired) electrons. The number of aryl methyl sites for hydroxylation is 1. The number of amides is 6. The van der Waals surface area contributed by atoms with E-state index in [0.717, 1.165) is 16.0 Å². The summed E-state index contributed by atoms with van der Waals surface area (Å²) in [6.45, 7) is 2.69. The maximum atomic E-state index is 15.4. The van der Waals surface area contributed by atoms with Crippen molar-refractivity contribution in [1.82, 2.24) is 35.7 Å². The summed E-state index contributed by atoms with van der Waals surface area (Å²) in [5.74, 6) is -5.09. The van der Waals surface area contributed by atoms with Crippen LogP contribution >= 0.6 is 0 Å². The van der Waals surface area contributed by atoms with Crippen molar-refractivity contribution < 1.29 is 62.2 Å². The van der Waals surface area contributed by atoms with E-state index in [1.54, 1.807) is 50.2 Å². The predicted molar refractivity (Wildman–Crippen MR) is 278 cm³/mol. The first-order valence-corrected chi connectivity index (χ1v) is 26.4. The number of nitrogens with zero attached hydrogens (tertiary/aromatic N) is 3. The summed E-state index contributed by atoms with van der Waals surface area (Å²) in [5.41, 5.74) is 2.12. The molecule has 2 aromatic carbocycles. The number of pyridine rings is 2. The number of nitrogens with one attached hydrogen (secondary N) is 4. The Morgan fingerprint density at radius 1 is 0.795 bits per heavy atom. The van der Waals surface area contributed by atoms with Crippen LogP contribution in [0.3, 0.4) is 0 Å². The number of hydrogen-bond acceptors (Lipinski definition) is 14. The molecule has 3 atom stereocenters. The number of cyclic esters (lactones) is 1. The van der Waals surface area contributed by atoms with Crippen LogP contribution in [0, 0.1) is 12.7 Å². The van der Waals surface area contributed by atoms with Crippen LogP contribution in [-0.2, 0) is 84.3 Å². The quantitative estimate of drug-likeness (QED) is 0.0301. The molecule has 410 valence electrons. The van der Waals surface area contributed by atoms with Gasteiger partial charge in [-0.05, 0) is 80.2 Å². The molecule has 0 spiro atoms. The molecular weight excluding hydrogens is 1010 g/mol. The van der Waals surface area contributed by atoms with Crippen LogP contribution < -0.4 is 26.8 Å². The lowest BCUT2D eigenvalue weighted by Crippen LogP contribution is -2.44. The Hall–Kier alpha value is -8.07. The fourth-order valence-electron chi connectivity index (χ4n) is 10.6. The second-order valence-electron chi connectivity index (χ2n) is 20.2. The van der Waals surface area contributed by atoms with E-state index in [9.17, 15) is 57.8 Å². The zero-order valence-corrected chi connectivity index (χ0v) is 43.6. The molecule has 78 heavy (non-hydrogen) atoms. The van der Waals surface area contributed by atoms with Gasteiger partial charge in [0.2, 0.25) is 23.6 Å². The number of ether oxygens (including phenoxy) is 1. The molecule has 6 amide bonds. The molecule has 0 bridgehead atoms. The highest BCUT2D eigenvalue weighted by molar-refractivity contribution is 6.12. The SMILES string of the molecule is CC[C@@]1(O)C(=O)OCc2c1cc1n(c2=O)Cc2c-1nc1cc(F)c(C)c3c1c2[C@@H](NC(=O)CCCC(=O)CNC(=O)CCC(=O)[C@H](Cc1ccccc1)NC(=O)CCC(=O)CNC(=O)CCCCCN1C(=O)C=CC1=O)CC3. The third-order valence-corrected chi connectivity index (χ3v) is 15.0. The third kappa shape index (κ3) is 12.5. The van der Waals surface area contributed by atoms with Gasteiger partial charge in [-0.2, -0.15) is 0 Å². The van der Waals surface area contributed by atoms with Crippen LogP contribution in [0.5, 0.6) is 0 Å². The molecule has 2 aromatic heterocycles. The number of esters is 1. The molecule has 4 aliphatic rings. The van der Waals surface area contributed by atoms with Crippen LogP contribution in [0.4, 0.5) is 4.39 Å². The average Bonchev–Trinajstić information content (AvgIpc) is 4.11. The van der Waals surface area contributed by atoms with E-state index < -0.39 is 58.4 Å². The van der Waals surface area contributed by atoms with E-state index in [-0.39, 0.29) is 138 Å². The fraction of sp³-hybridized carbons (Fsp3) is 0.439. The summed E-state index contributed by atoms with van der Waals surface area (Å²) in [7, 11) is 0. The zero-order chi connectivity index (χ0) is 55.8. The van der Waals surface area contributed by atoms with Crippen LogP contribution in [0.2, 0.25) is 0 Å². The van der Waals surface area contributed by atoms with Crippen molar-refractivity contribution in [2.24, 2.45) is 0 Å². The standard InChI is InChI=1S/C57H62FN7O13/c1-3-57(77)39-26-44-54-37(30-65(44)55(75)38(39)31-78-56(57)76)53-41(18-17-36-32(2)40(58)27-43(63-54)52(36)53)61-48(71)15-10-13-34(66)28-60-47(70)21-19-45(68)42(25-33-11-6-4-7-12-33)62-49(72)20-16-35(67)29-59-46(69)14-8-5-9-24-64-50(73)22-23-51(64)74/h4,6-7,11-12,22-23,26-27,41-42,77H,3,5,8-10,13-21,24-25,28-31H2,1-2H3,(H,59,69)(H,60,70)(H,61,71)(H,62,72)/t41-,42-,57-/m0/s1. The molecule has 5 N–H and O–H groups in total. The first kappa shape index (κ1) is 56.1. The van der Waals surface area contributed by atoms with E-state index >= 15 is 4.39 Å². The third-order valence-electron chi connectivity index (χ3n) is 15.0. The maximum absolute atomic E-state index is 15.4. The topological polar surface area (TPSA) is 286 Å². The van der Waals surface area contributed by atoms with Crippen molar-refractivity contribution >= 4 is 69.7 Å². The number of benzene rings is 2. The number of aromatic nitrogens is 2. The Kier molecular flexibility index (Phi) is 17.6. The predicted octanol–water partition coefficient (Wildman–Crippen LogP) is 3.51. The number of halogens is 1. The van der Waals surface area contributed by atoms with Crippen molar-refractivity contribution in [3.8, 4) is 11.4 Å². The van der Waals surface area contributed by atoms with Gasteiger partial charge in [0.05, 0.1) is 54.2 Å². The van der Waals surface area contributed by atoms with Crippen LogP contribution in [-0.4, -0.2) is 104 Å². The number of imide groups is 1. The molecule has 0 saturated carbocycles. The van der Waals surface area contributed by atoms with Gasteiger partial charge in [-0.15, -0.1) is 0 Å².